The van der Waals surface area contributed by atoms with Gasteiger partial charge < -0.3 is 0 Å². The monoisotopic (exact) mass is 416 g/mol. The average molecular weight is 418 g/mol. The molecule has 0 saturated heterocycles. The summed E-state index contributed by atoms with van der Waals surface area (Å²) in [4.78, 5) is 4.20. The Hall–Kier alpha value is -0.950. The number of rotatable bonds is 6. The fraction of sp³-hybridized carbons (Fsp3) is 0.312. The molecule has 0 aliphatic carbocycles. The molecule has 0 spiro atoms. The summed E-state index contributed by atoms with van der Waals surface area (Å²) >= 11 is 9.40. The molecule has 1 aromatic heterocycles. The molecule has 0 atom stereocenters. The topological polar surface area (TPSA) is 50.3 Å². The molecule has 0 aliphatic rings. The molecule has 2 aromatic rings. The molecule has 0 N–H and O–H groups in total. The predicted molar refractivity (Wildman–Crippen MR) is 95.8 cm³/mol. The Kier molecular flexibility index (Phi) is 6.19. The fourth-order valence-corrected chi connectivity index (χ4v) is 4.69. The first kappa shape index (κ1) is 18.4. The summed E-state index contributed by atoms with van der Waals surface area (Å²) in [7, 11) is -3.67. The number of hydrogen-bond donors (Lipinski definition) is 0. The highest BCUT2D eigenvalue weighted by atomic mass is 79.9. The van der Waals surface area contributed by atoms with Gasteiger partial charge in [0, 0.05) is 19.3 Å². The van der Waals surface area contributed by atoms with Crippen LogP contribution in [-0.2, 0) is 16.6 Å². The summed E-state index contributed by atoms with van der Waals surface area (Å²) in [6.07, 6.45) is 1.65. The Balaban J connectivity index is 2.40. The standard InChI is InChI=1S/C16H18BrClN2O2S/c1-12(2)10-20(11-13-7-8-19-16(17)9-13)23(21,22)15-6-4-3-5-14(15)18/h3-9,12H,10-11H2,1-2H3. The summed E-state index contributed by atoms with van der Waals surface area (Å²) in [6.45, 7) is 4.65. The van der Waals surface area contributed by atoms with Crippen molar-refractivity contribution in [2.24, 2.45) is 5.92 Å². The van der Waals surface area contributed by atoms with E-state index >= 15 is 0 Å². The highest BCUT2D eigenvalue weighted by Crippen LogP contribution is 2.26. The Morgan fingerprint density at radius 2 is 1.96 bits per heavy atom. The number of benzene rings is 1. The molecule has 0 unspecified atom stereocenters. The second-order valence-electron chi connectivity index (χ2n) is 5.61. The van der Waals surface area contributed by atoms with Gasteiger partial charge in [-0.3, -0.25) is 0 Å². The minimum Gasteiger partial charge on any atom is -0.249 e. The molecule has 2 rings (SSSR count). The van der Waals surface area contributed by atoms with Crippen LogP contribution in [0.2, 0.25) is 5.02 Å². The van der Waals surface area contributed by atoms with E-state index in [4.69, 9.17) is 11.6 Å². The molecule has 124 valence electrons. The molecule has 1 heterocycles. The largest absolute Gasteiger partial charge is 0.249 e. The van der Waals surface area contributed by atoms with Gasteiger partial charge in [-0.2, -0.15) is 4.31 Å². The van der Waals surface area contributed by atoms with Crippen molar-refractivity contribution >= 4 is 37.6 Å². The van der Waals surface area contributed by atoms with Crippen molar-refractivity contribution in [3.63, 3.8) is 0 Å². The lowest BCUT2D eigenvalue weighted by Crippen LogP contribution is -2.34. The normalized spacial score (nSPS) is 12.1. The van der Waals surface area contributed by atoms with Gasteiger partial charge in [-0.1, -0.05) is 37.6 Å². The summed E-state index contributed by atoms with van der Waals surface area (Å²) in [6, 6.07) is 10.1. The number of nitrogens with zero attached hydrogens (tertiary/aromatic N) is 2. The van der Waals surface area contributed by atoms with Crippen molar-refractivity contribution in [1.29, 1.82) is 0 Å². The van der Waals surface area contributed by atoms with Crippen LogP contribution in [0, 0.1) is 5.92 Å². The van der Waals surface area contributed by atoms with Crippen molar-refractivity contribution < 1.29 is 8.42 Å². The smallest absolute Gasteiger partial charge is 0.244 e. The first-order valence-electron chi connectivity index (χ1n) is 7.16. The van der Waals surface area contributed by atoms with Crippen molar-refractivity contribution in [2.75, 3.05) is 6.54 Å². The second-order valence-corrected chi connectivity index (χ2v) is 8.73. The molecular weight excluding hydrogens is 400 g/mol. The van der Waals surface area contributed by atoms with Crippen molar-refractivity contribution in [2.45, 2.75) is 25.3 Å². The third-order valence-electron chi connectivity index (χ3n) is 3.17. The van der Waals surface area contributed by atoms with Crippen LogP contribution in [0.15, 0.2) is 52.1 Å². The highest BCUT2D eigenvalue weighted by molar-refractivity contribution is 9.10. The van der Waals surface area contributed by atoms with E-state index in [2.05, 4.69) is 20.9 Å². The van der Waals surface area contributed by atoms with Gasteiger partial charge in [0.1, 0.15) is 9.50 Å². The SMILES string of the molecule is CC(C)CN(Cc1ccnc(Br)c1)S(=O)(=O)c1ccccc1Cl. The van der Waals surface area contributed by atoms with Crippen molar-refractivity contribution in [1.82, 2.24) is 9.29 Å². The average Bonchev–Trinajstić information content (AvgIpc) is 2.46. The number of sulfonamides is 1. The van der Waals surface area contributed by atoms with Gasteiger partial charge in [-0.15, -0.1) is 0 Å². The van der Waals surface area contributed by atoms with E-state index in [1.807, 2.05) is 19.9 Å². The van der Waals surface area contributed by atoms with Crippen molar-refractivity contribution in [3.8, 4) is 0 Å². The van der Waals surface area contributed by atoms with Gasteiger partial charge in [-0.25, -0.2) is 13.4 Å². The van der Waals surface area contributed by atoms with E-state index in [0.29, 0.717) is 11.1 Å². The molecule has 0 saturated carbocycles. The highest BCUT2D eigenvalue weighted by Gasteiger charge is 2.27. The quantitative estimate of drug-likeness (QED) is 0.657. The van der Waals surface area contributed by atoms with Crippen LogP contribution in [0.3, 0.4) is 0 Å². The Morgan fingerprint density at radius 1 is 1.26 bits per heavy atom. The number of pyridine rings is 1. The van der Waals surface area contributed by atoms with E-state index in [0.717, 1.165) is 5.56 Å². The predicted octanol–water partition coefficient (Wildman–Crippen LogP) is 4.34. The van der Waals surface area contributed by atoms with Gasteiger partial charge in [0.25, 0.3) is 0 Å². The zero-order valence-corrected chi connectivity index (χ0v) is 16.1. The van der Waals surface area contributed by atoms with Gasteiger partial charge in [-0.05, 0) is 51.7 Å². The Bertz CT molecular complexity index is 781. The maximum atomic E-state index is 13.0. The van der Waals surface area contributed by atoms with E-state index in [1.165, 1.54) is 10.4 Å². The summed E-state index contributed by atoms with van der Waals surface area (Å²) in [5.74, 6) is 0.192. The third kappa shape index (κ3) is 4.76. The van der Waals surface area contributed by atoms with Crippen LogP contribution in [0.4, 0.5) is 0 Å². The molecule has 7 heteroatoms. The van der Waals surface area contributed by atoms with Crippen LogP contribution in [0.25, 0.3) is 0 Å². The summed E-state index contributed by atoms with van der Waals surface area (Å²) in [5, 5.41) is 0.233. The lowest BCUT2D eigenvalue weighted by atomic mass is 10.2. The maximum absolute atomic E-state index is 13.0. The van der Waals surface area contributed by atoms with E-state index < -0.39 is 10.0 Å². The van der Waals surface area contributed by atoms with E-state index in [-0.39, 0.29) is 22.4 Å². The zero-order valence-electron chi connectivity index (χ0n) is 12.9. The van der Waals surface area contributed by atoms with Crippen molar-refractivity contribution in [3.05, 3.63) is 57.8 Å². The van der Waals surface area contributed by atoms with Gasteiger partial charge >= 0.3 is 0 Å². The van der Waals surface area contributed by atoms with Gasteiger partial charge in [0.15, 0.2) is 0 Å². The Labute approximate surface area is 150 Å². The first-order chi connectivity index (χ1) is 10.8. The molecule has 1 aromatic carbocycles. The minimum absolute atomic E-state index is 0.135. The molecule has 0 aliphatic heterocycles. The number of hydrogen-bond acceptors (Lipinski definition) is 3. The minimum atomic E-state index is -3.67. The molecule has 0 bridgehead atoms. The molecular formula is C16H18BrClN2O2S. The lowest BCUT2D eigenvalue weighted by Gasteiger charge is -2.24. The number of aromatic nitrogens is 1. The fourth-order valence-electron chi connectivity index (χ4n) is 2.19. The molecule has 4 nitrogen and oxygen atoms in total. The zero-order chi connectivity index (χ0) is 17.0. The molecule has 0 amide bonds. The maximum Gasteiger partial charge on any atom is 0.244 e. The van der Waals surface area contributed by atoms with Crippen LogP contribution in [-0.4, -0.2) is 24.3 Å². The van der Waals surface area contributed by atoms with Crippen LogP contribution >= 0.6 is 27.5 Å². The van der Waals surface area contributed by atoms with E-state index in [1.54, 1.807) is 30.5 Å². The van der Waals surface area contributed by atoms with Gasteiger partial charge in [0.05, 0.1) is 5.02 Å². The molecule has 0 radical (unpaired) electrons. The molecule has 0 fully saturated rings. The van der Waals surface area contributed by atoms with Crippen LogP contribution in [0.5, 0.6) is 0 Å². The van der Waals surface area contributed by atoms with E-state index in [9.17, 15) is 8.42 Å². The van der Waals surface area contributed by atoms with Crippen LogP contribution < -0.4 is 0 Å². The first-order valence-corrected chi connectivity index (χ1v) is 9.77. The third-order valence-corrected chi connectivity index (χ3v) is 5.92. The lowest BCUT2D eigenvalue weighted by molar-refractivity contribution is 0.362. The molecule has 23 heavy (non-hydrogen) atoms. The number of halogens is 2. The second kappa shape index (κ2) is 7.75. The van der Waals surface area contributed by atoms with Gasteiger partial charge in [0.2, 0.25) is 10.0 Å². The summed E-state index contributed by atoms with van der Waals surface area (Å²) < 4.78 is 28.1. The summed E-state index contributed by atoms with van der Waals surface area (Å²) in [5.41, 5.74) is 0.864. The van der Waals surface area contributed by atoms with Crippen LogP contribution in [0.1, 0.15) is 19.4 Å². The Morgan fingerprint density at radius 3 is 2.57 bits per heavy atom.